The van der Waals surface area contributed by atoms with Crippen molar-refractivity contribution in [2.75, 3.05) is 12.5 Å². The number of pyridine rings is 2. The van der Waals surface area contributed by atoms with E-state index in [2.05, 4.69) is 9.97 Å². The van der Waals surface area contributed by atoms with Crippen LogP contribution in [-0.2, 0) is 33.1 Å². The van der Waals surface area contributed by atoms with E-state index >= 15 is 0 Å². The van der Waals surface area contributed by atoms with Crippen molar-refractivity contribution in [3.63, 3.8) is 0 Å². The van der Waals surface area contributed by atoms with Crippen molar-refractivity contribution >= 4 is 50.6 Å². The first kappa shape index (κ1) is 26.4. The maximum absolute atomic E-state index is 14.4. The highest BCUT2D eigenvalue weighted by molar-refractivity contribution is 7.83. The summed E-state index contributed by atoms with van der Waals surface area (Å²) in [4.78, 5) is 23.5. The number of nitrogens with zero attached hydrogens (tertiary/aromatic N) is 2. The maximum atomic E-state index is 14.4. The molecule has 184 valence electrons. The minimum atomic E-state index is -1.21. The fourth-order valence-corrected chi connectivity index (χ4v) is 5.58. The molecule has 0 N–H and O–H groups in total. The Hall–Kier alpha value is -2.71. The highest BCUT2D eigenvalue weighted by Crippen LogP contribution is 2.33. The van der Waals surface area contributed by atoms with Gasteiger partial charge in [0, 0.05) is 79.2 Å². The molecular weight excluding hydrogens is 535 g/mol. The van der Waals surface area contributed by atoms with E-state index in [-0.39, 0.29) is 17.3 Å². The van der Waals surface area contributed by atoms with E-state index in [1.807, 2.05) is 0 Å². The molecule has 0 aliphatic carbocycles. The lowest BCUT2D eigenvalue weighted by Crippen LogP contribution is -2.15. The summed E-state index contributed by atoms with van der Waals surface area (Å²) in [5.74, 6) is 0.0259. The summed E-state index contributed by atoms with van der Waals surface area (Å²) < 4.78 is 24.5. The standard InChI is InChI=1S/C27H22Cl2N2O3S2/c1-35(33)15-19-11-13-30-25(17-3-7-21(28)8-4-17)23(19)27(32)24-20(16-36(2)34)12-14-31-26(24)18-5-9-22(29)10-6-18/h3-14H,15-16H2,1-2H3. The molecule has 2 atom stereocenters. The number of hydrogen-bond donors (Lipinski definition) is 0. The number of carbonyl (C=O) groups is 1. The van der Waals surface area contributed by atoms with Gasteiger partial charge in [-0.2, -0.15) is 0 Å². The van der Waals surface area contributed by atoms with Gasteiger partial charge in [0.15, 0.2) is 5.78 Å². The highest BCUT2D eigenvalue weighted by Gasteiger charge is 2.27. The number of rotatable bonds is 8. The Morgan fingerprint density at radius 3 is 1.36 bits per heavy atom. The lowest BCUT2D eigenvalue weighted by atomic mass is 9.90. The van der Waals surface area contributed by atoms with Gasteiger partial charge in [-0.15, -0.1) is 0 Å². The molecule has 4 rings (SSSR count). The molecule has 2 aromatic carbocycles. The summed E-state index contributed by atoms with van der Waals surface area (Å²) in [5, 5.41) is 1.12. The van der Waals surface area contributed by atoms with E-state index in [1.165, 1.54) is 0 Å². The van der Waals surface area contributed by atoms with Gasteiger partial charge in [0.1, 0.15) is 0 Å². The van der Waals surface area contributed by atoms with Crippen LogP contribution in [0.4, 0.5) is 0 Å². The van der Waals surface area contributed by atoms with Crippen molar-refractivity contribution in [3.8, 4) is 22.5 Å². The van der Waals surface area contributed by atoms with Crippen LogP contribution < -0.4 is 0 Å². The smallest absolute Gasteiger partial charge is 0.198 e. The molecule has 0 bridgehead atoms. The van der Waals surface area contributed by atoms with Gasteiger partial charge in [-0.25, -0.2) is 0 Å². The summed E-state index contributed by atoms with van der Waals surface area (Å²) >= 11 is 12.2. The van der Waals surface area contributed by atoms with Crippen LogP contribution >= 0.6 is 23.2 Å². The van der Waals surface area contributed by atoms with Crippen LogP contribution in [0.1, 0.15) is 27.0 Å². The van der Waals surface area contributed by atoms with Crippen molar-refractivity contribution in [2.45, 2.75) is 11.5 Å². The van der Waals surface area contributed by atoms with E-state index in [9.17, 15) is 13.2 Å². The molecule has 9 heteroatoms. The molecule has 0 fully saturated rings. The van der Waals surface area contributed by atoms with Crippen molar-refractivity contribution < 1.29 is 13.2 Å². The molecule has 0 aliphatic rings. The van der Waals surface area contributed by atoms with Gasteiger partial charge in [-0.05, 0) is 47.5 Å². The Balaban J connectivity index is 2.01. The minimum absolute atomic E-state index is 0.176. The number of ketones is 1. The molecule has 36 heavy (non-hydrogen) atoms. The van der Waals surface area contributed by atoms with Gasteiger partial charge in [-0.1, -0.05) is 47.5 Å². The number of aromatic nitrogens is 2. The second kappa shape index (κ2) is 11.6. The molecule has 0 spiro atoms. The third kappa shape index (κ3) is 5.98. The van der Waals surface area contributed by atoms with E-state index < -0.39 is 21.6 Å². The zero-order valence-corrected chi connectivity index (χ0v) is 22.7. The van der Waals surface area contributed by atoms with Gasteiger partial charge in [-0.3, -0.25) is 23.2 Å². The van der Waals surface area contributed by atoms with Gasteiger partial charge in [0.2, 0.25) is 0 Å². The molecule has 0 aliphatic heterocycles. The molecule has 0 saturated carbocycles. The Labute approximate surface area is 224 Å². The zero-order chi connectivity index (χ0) is 25.8. The molecule has 0 amide bonds. The van der Waals surface area contributed by atoms with Crippen molar-refractivity contribution in [2.24, 2.45) is 0 Å². The Morgan fingerprint density at radius 1 is 0.667 bits per heavy atom. The Morgan fingerprint density at radius 2 is 1.03 bits per heavy atom. The van der Waals surface area contributed by atoms with Gasteiger partial charge < -0.3 is 0 Å². The lowest BCUT2D eigenvalue weighted by Gasteiger charge is -2.17. The summed E-state index contributed by atoms with van der Waals surface area (Å²) in [6.45, 7) is 0. The molecule has 4 aromatic rings. The van der Waals surface area contributed by atoms with Gasteiger partial charge in [0.25, 0.3) is 0 Å². The van der Waals surface area contributed by atoms with Crippen molar-refractivity contribution in [1.29, 1.82) is 0 Å². The van der Waals surface area contributed by atoms with Crippen LogP contribution in [-0.4, -0.2) is 36.7 Å². The van der Waals surface area contributed by atoms with Gasteiger partial charge >= 0.3 is 0 Å². The van der Waals surface area contributed by atoms with Crippen LogP contribution in [0.5, 0.6) is 0 Å². The molecule has 2 heterocycles. The average Bonchev–Trinajstić information content (AvgIpc) is 2.84. The number of hydrogen-bond acceptors (Lipinski definition) is 5. The largest absolute Gasteiger partial charge is 0.288 e. The Kier molecular flexibility index (Phi) is 8.46. The first-order valence-electron chi connectivity index (χ1n) is 10.9. The predicted molar refractivity (Wildman–Crippen MR) is 148 cm³/mol. The zero-order valence-electron chi connectivity index (χ0n) is 19.5. The molecule has 2 aromatic heterocycles. The number of halogens is 2. The first-order chi connectivity index (χ1) is 17.2. The summed E-state index contributed by atoms with van der Waals surface area (Å²) in [6, 6.07) is 17.5. The molecular formula is C27H22Cl2N2O3S2. The van der Waals surface area contributed by atoms with E-state index in [0.29, 0.717) is 54.8 Å². The normalized spacial score (nSPS) is 12.8. The number of carbonyl (C=O) groups excluding carboxylic acids is 1. The van der Waals surface area contributed by atoms with Crippen LogP contribution in [0.25, 0.3) is 22.5 Å². The van der Waals surface area contributed by atoms with Crippen LogP contribution in [0.3, 0.4) is 0 Å². The quantitative estimate of drug-likeness (QED) is 0.245. The Bertz CT molecular complexity index is 1360. The van der Waals surface area contributed by atoms with Gasteiger partial charge in [0.05, 0.1) is 22.5 Å². The second-order valence-corrected chi connectivity index (χ2v) is 11.9. The van der Waals surface area contributed by atoms with E-state index in [1.54, 1.807) is 85.6 Å². The maximum Gasteiger partial charge on any atom is 0.198 e. The van der Waals surface area contributed by atoms with Crippen LogP contribution in [0.15, 0.2) is 73.1 Å². The van der Waals surface area contributed by atoms with Crippen molar-refractivity contribution in [3.05, 3.63) is 105 Å². The topological polar surface area (TPSA) is 77.0 Å². The lowest BCUT2D eigenvalue weighted by molar-refractivity contribution is 0.103. The van der Waals surface area contributed by atoms with Crippen molar-refractivity contribution in [1.82, 2.24) is 9.97 Å². The second-order valence-electron chi connectivity index (χ2n) is 8.17. The number of benzene rings is 2. The van der Waals surface area contributed by atoms with E-state index in [4.69, 9.17) is 23.2 Å². The minimum Gasteiger partial charge on any atom is -0.288 e. The summed E-state index contributed by atoms with van der Waals surface area (Å²) in [6.07, 6.45) is 6.39. The molecule has 0 saturated heterocycles. The average molecular weight is 558 g/mol. The predicted octanol–water partition coefficient (Wildman–Crippen LogP) is 6.11. The molecule has 5 nitrogen and oxygen atoms in total. The first-order valence-corrected chi connectivity index (χ1v) is 15.1. The third-order valence-corrected chi connectivity index (χ3v) is 7.42. The fraction of sp³-hybridized carbons (Fsp3) is 0.148. The fourth-order valence-electron chi connectivity index (χ4n) is 3.97. The third-order valence-electron chi connectivity index (χ3n) is 5.48. The van der Waals surface area contributed by atoms with Crippen LogP contribution in [0.2, 0.25) is 10.0 Å². The summed E-state index contributed by atoms with van der Waals surface area (Å²) in [5.41, 5.74) is 4.18. The van der Waals surface area contributed by atoms with E-state index in [0.717, 1.165) is 0 Å². The highest BCUT2D eigenvalue weighted by atomic mass is 35.5. The SMILES string of the molecule is CS(=O)Cc1ccnc(-c2ccc(Cl)cc2)c1C(=O)c1c(CS(C)=O)ccnc1-c1ccc(Cl)cc1. The van der Waals surface area contributed by atoms with Crippen LogP contribution in [0, 0.1) is 0 Å². The monoisotopic (exact) mass is 556 g/mol. The molecule has 0 radical (unpaired) electrons. The molecule has 2 unspecified atom stereocenters. The summed E-state index contributed by atoms with van der Waals surface area (Å²) in [7, 11) is -2.41.